The lowest BCUT2D eigenvalue weighted by Crippen LogP contribution is -2.13. The molecule has 20 heavy (non-hydrogen) atoms. The van der Waals surface area contributed by atoms with Crippen molar-refractivity contribution < 1.29 is 9.47 Å². The van der Waals surface area contributed by atoms with Gasteiger partial charge in [0, 0.05) is 25.1 Å². The zero-order chi connectivity index (χ0) is 13.6. The number of hydrogen-bond donors (Lipinski definition) is 1. The first-order chi connectivity index (χ1) is 9.93. The Morgan fingerprint density at radius 1 is 0.850 bits per heavy atom. The molecule has 3 rings (SSSR count). The molecule has 0 fully saturated rings. The van der Waals surface area contributed by atoms with Gasteiger partial charge in [-0.25, -0.2) is 0 Å². The van der Waals surface area contributed by atoms with Crippen LogP contribution in [0, 0.1) is 0 Å². The smallest absolute Gasteiger partial charge is 0.165 e. The second-order valence-electron chi connectivity index (χ2n) is 4.88. The largest absolute Gasteiger partial charge is 0.490 e. The molecule has 1 aliphatic rings. The summed E-state index contributed by atoms with van der Waals surface area (Å²) >= 11 is 0. The highest BCUT2D eigenvalue weighted by Gasteiger charge is 2.13. The number of fused-ring (bicyclic) bond motifs is 1. The maximum absolute atomic E-state index is 5.82. The Kier molecular flexibility index (Phi) is 4.19. The molecule has 0 unspecified atom stereocenters. The Hall–Kier alpha value is -2.00. The lowest BCUT2D eigenvalue weighted by atomic mass is 10.1. The standard InChI is InChI=1S/C17H19NO2/c1-2-6-14(7-3-1)12-18-13-15-8-4-9-16-17(15)20-11-5-10-19-16/h1-4,6-9,18H,5,10-13H2. The van der Waals surface area contributed by atoms with Gasteiger partial charge in [0.15, 0.2) is 11.5 Å². The van der Waals surface area contributed by atoms with Crippen LogP contribution >= 0.6 is 0 Å². The molecule has 0 bridgehead atoms. The molecule has 0 saturated carbocycles. The van der Waals surface area contributed by atoms with Gasteiger partial charge in [0.25, 0.3) is 0 Å². The lowest BCUT2D eigenvalue weighted by molar-refractivity contribution is 0.296. The van der Waals surface area contributed by atoms with Crippen molar-refractivity contribution in [1.29, 1.82) is 0 Å². The second-order valence-corrected chi connectivity index (χ2v) is 4.88. The summed E-state index contributed by atoms with van der Waals surface area (Å²) in [6.45, 7) is 3.09. The van der Waals surface area contributed by atoms with E-state index in [1.54, 1.807) is 0 Å². The molecule has 0 aromatic heterocycles. The van der Waals surface area contributed by atoms with Crippen molar-refractivity contribution >= 4 is 0 Å². The quantitative estimate of drug-likeness (QED) is 0.925. The molecule has 0 radical (unpaired) electrons. The monoisotopic (exact) mass is 269 g/mol. The lowest BCUT2D eigenvalue weighted by Gasteiger charge is -2.13. The molecule has 0 saturated heterocycles. The third-order valence-corrected chi connectivity index (χ3v) is 3.34. The first-order valence-corrected chi connectivity index (χ1v) is 7.05. The van der Waals surface area contributed by atoms with E-state index in [1.165, 1.54) is 5.56 Å². The predicted octanol–water partition coefficient (Wildman–Crippen LogP) is 3.14. The summed E-state index contributed by atoms with van der Waals surface area (Å²) in [5.74, 6) is 1.76. The SMILES string of the molecule is c1ccc(CNCc2cccc3c2OCCCO3)cc1. The van der Waals surface area contributed by atoms with Crippen LogP contribution in [0.1, 0.15) is 17.5 Å². The first kappa shape index (κ1) is 13.0. The van der Waals surface area contributed by atoms with E-state index in [0.717, 1.165) is 49.8 Å². The highest BCUT2D eigenvalue weighted by atomic mass is 16.5. The van der Waals surface area contributed by atoms with Gasteiger partial charge in [-0.15, -0.1) is 0 Å². The summed E-state index contributed by atoms with van der Waals surface area (Å²) in [5, 5.41) is 3.45. The van der Waals surface area contributed by atoms with Crippen molar-refractivity contribution in [2.75, 3.05) is 13.2 Å². The van der Waals surface area contributed by atoms with Gasteiger partial charge in [-0.3, -0.25) is 0 Å². The molecule has 0 aliphatic carbocycles. The van der Waals surface area contributed by atoms with Gasteiger partial charge in [0.2, 0.25) is 0 Å². The molecule has 1 heterocycles. The topological polar surface area (TPSA) is 30.5 Å². The van der Waals surface area contributed by atoms with Crippen molar-refractivity contribution in [3.05, 3.63) is 59.7 Å². The van der Waals surface area contributed by atoms with Crippen LogP contribution in [0.5, 0.6) is 11.5 Å². The van der Waals surface area contributed by atoms with Gasteiger partial charge in [0.05, 0.1) is 13.2 Å². The van der Waals surface area contributed by atoms with E-state index in [2.05, 4.69) is 35.6 Å². The Labute approximate surface area is 119 Å². The number of ether oxygens (including phenoxy) is 2. The first-order valence-electron chi connectivity index (χ1n) is 7.05. The minimum Gasteiger partial charge on any atom is -0.490 e. The van der Waals surface area contributed by atoms with Crippen LogP contribution < -0.4 is 14.8 Å². The van der Waals surface area contributed by atoms with Crippen molar-refractivity contribution in [1.82, 2.24) is 5.32 Å². The average molecular weight is 269 g/mol. The summed E-state index contributed by atoms with van der Waals surface area (Å²) in [5.41, 5.74) is 2.44. The fourth-order valence-corrected chi connectivity index (χ4v) is 2.33. The Morgan fingerprint density at radius 3 is 2.60 bits per heavy atom. The molecule has 2 aromatic carbocycles. The molecule has 3 nitrogen and oxygen atoms in total. The van der Waals surface area contributed by atoms with Crippen LogP contribution in [0.4, 0.5) is 0 Å². The second kappa shape index (κ2) is 6.44. The average Bonchev–Trinajstić information content (AvgIpc) is 2.74. The minimum atomic E-state index is 0.725. The molecule has 0 spiro atoms. The van der Waals surface area contributed by atoms with Crippen molar-refractivity contribution in [3.8, 4) is 11.5 Å². The number of benzene rings is 2. The van der Waals surface area contributed by atoms with Crippen molar-refractivity contribution in [2.24, 2.45) is 0 Å². The van der Waals surface area contributed by atoms with E-state index in [4.69, 9.17) is 9.47 Å². The maximum Gasteiger partial charge on any atom is 0.165 e. The van der Waals surface area contributed by atoms with E-state index in [1.807, 2.05) is 18.2 Å². The van der Waals surface area contributed by atoms with Crippen LogP contribution in [0.15, 0.2) is 48.5 Å². The molecule has 2 aromatic rings. The Balaban J connectivity index is 1.66. The highest BCUT2D eigenvalue weighted by Crippen LogP contribution is 2.33. The summed E-state index contributed by atoms with van der Waals surface area (Å²) in [7, 11) is 0. The molecule has 0 atom stereocenters. The van der Waals surface area contributed by atoms with Gasteiger partial charge in [-0.2, -0.15) is 0 Å². The number of nitrogens with one attached hydrogen (secondary N) is 1. The van der Waals surface area contributed by atoms with Crippen LogP contribution in [-0.2, 0) is 13.1 Å². The molecular formula is C17H19NO2. The fraction of sp³-hybridized carbons (Fsp3) is 0.294. The van der Waals surface area contributed by atoms with Gasteiger partial charge < -0.3 is 14.8 Å². The van der Waals surface area contributed by atoms with Gasteiger partial charge >= 0.3 is 0 Å². The highest BCUT2D eigenvalue weighted by molar-refractivity contribution is 5.47. The van der Waals surface area contributed by atoms with E-state index in [-0.39, 0.29) is 0 Å². The minimum absolute atomic E-state index is 0.725. The van der Waals surface area contributed by atoms with Crippen LogP contribution in [-0.4, -0.2) is 13.2 Å². The van der Waals surface area contributed by atoms with Gasteiger partial charge in [-0.05, 0) is 11.6 Å². The zero-order valence-corrected chi connectivity index (χ0v) is 11.5. The van der Waals surface area contributed by atoms with Crippen LogP contribution in [0.25, 0.3) is 0 Å². The predicted molar refractivity (Wildman–Crippen MR) is 79.0 cm³/mol. The zero-order valence-electron chi connectivity index (χ0n) is 11.5. The molecule has 1 aliphatic heterocycles. The summed E-state index contributed by atoms with van der Waals surface area (Å²) in [6, 6.07) is 16.5. The maximum atomic E-state index is 5.82. The summed E-state index contributed by atoms with van der Waals surface area (Å²) < 4.78 is 11.5. The molecule has 3 heteroatoms. The van der Waals surface area contributed by atoms with Gasteiger partial charge in [0.1, 0.15) is 0 Å². The summed E-state index contributed by atoms with van der Waals surface area (Å²) in [4.78, 5) is 0. The number of hydrogen-bond acceptors (Lipinski definition) is 3. The Morgan fingerprint density at radius 2 is 1.70 bits per heavy atom. The normalized spacial score (nSPS) is 13.8. The van der Waals surface area contributed by atoms with E-state index in [0.29, 0.717) is 0 Å². The van der Waals surface area contributed by atoms with Crippen LogP contribution in [0.2, 0.25) is 0 Å². The summed E-state index contributed by atoms with van der Waals surface area (Å²) in [6.07, 6.45) is 0.936. The number of para-hydroxylation sites is 1. The Bertz CT molecular complexity index is 554. The third-order valence-electron chi connectivity index (χ3n) is 3.34. The molecule has 1 N–H and O–H groups in total. The molecule has 104 valence electrons. The van der Waals surface area contributed by atoms with Crippen LogP contribution in [0.3, 0.4) is 0 Å². The third kappa shape index (κ3) is 3.11. The molecule has 0 amide bonds. The molecular weight excluding hydrogens is 250 g/mol. The fourth-order valence-electron chi connectivity index (χ4n) is 2.33. The van der Waals surface area contributed by atoms with Crippen molar-refractivity contribution in [2.45, 2.75) is 19.5 Å². The van der Waals surface area contributed by atoms with E-state index >= 15 is 0 Å². The van der Waals surface area contributed by atoms with Gasteiger partial charge in [-0.1, -0.05) is 42.5 Å². The number of rotatable bonds is 4. The van der Waals surface area contributed by atoms with E-state index in [9.17, 15) is 0 Å². The van der Waals surface area contributed by atoms with Crippen molar-refractivity contribution in [3.63, 3.8) is 0 Å². The van der Waals surface area contributed by atoms with E-state index < -0.39 is 0 Å².